The van der Waals surface area contributed by atoms with Crippen LogP contribution >= 0.6 is 0 Å². The summed E-state index contributed by atoms with van der Waals surface area (Å²) in [7, 11) is 1.55. The van der Waals surface area contributed by atoms with E-state index in [1.165, 1.54) is 12.4 Å². The number of nitrogens with zero attached hydrogens (tertiary/aromatic N) is 2. The molecule has 2 aromatic carbocycles. The van der Waals surface area contributed by atoms with Gasteiger partial charge in [-0.3, -0.25) is 4.79 Å². The quantitative estimate of drug-likeness (QED) is 0.681. The van der Waals surface area contributed by atoms with Gasteiger partial charge in [0.15, 0.2) is 11.5 Å². The van der Waals surface area contributed by atoms with Crippen LogP contribution in [0.2, 0.25) is 0 Å². The molecule has 142 valence electrons. The Bertz CT molecular complexity index is 992. The largest absolute Gasteiger partial charge is 0.495 e. The van der Waals surface area contributed by atoms with Crippen LogP contribution in [-0.2, 0) is 6.54 Å². The van der Waals surface area contributed by atoms with Crippen molar-refractivity contribution in [1.29, 1.82) is 0 Å². The van der Waals surface area contributed by atoms with Crippen molar-refractivity contribution in [2.45, 2.75) is 6.54 Å². The maximum atomic E-state index is 12.4. The van der Waals surface area contributed by atoms with Crippen molar-refractivity contribution < 1.29 is 19.0 Å². The van der Waals surface area contributed by atoms with E-state index in [1.54, 1.807) is 19.2 Å². The number of amides is 1. The first-order chi connectivity index (χ1) is 13.7. The third kappa shape index (κ3) is 3.80. The Kier molecular flexibility index (Phi) is 4.92. The van der Waals surface area contributed by atoms with Crippen LogP contribution in [0.15, 0.2) is 54.9 Å². The minimum atomic E-state index is -0.313. The first kappa shape index (κ1) is 17.6. The van der Waals surface area contributed by atoms with Gasteiger partial charge in [-0.15, -0.1) is 0 Å². The average Bonchev–Trinajstić information content (AvgIpc) is 3.21. The molecule has 0 bridgehead atoms. The summed E-state index contributed by atoms with van der Waals surface area (Å²) in [4.78, 5) is 20.8. The Labute approximate surface area is 161 Å². The van der Waals surface area contributed by atoms with E-state index in [0.717, 1.165) is 17.1 Å². The van der Waals surface area contributed by atoms with E-state index in [1.807, 2.05) is 30.3 Å². The van der Waals surface area contributed by atoms with Crippen LogP contribution in [0, 0.1) is 0 Å². The topological polar surface area (TPSA) is 94.6 Å². The van der Waals surface area contributed by atoms with Crippen LogP contribution < -0.4 is 24.8 Å². The predicted molar refractivity (Wildman–Crippen MR) is 103 cm³/mol. The number of hydrogen-bond acceptors (Lipinski definition) is 7. The van der Waals surface area contributed by atoms with Gasteiger partial charge in [0.2, 0.25) is 12.7 Å². The summed E-state index contributed by atoms with van der Waals surface area (Å²) in [5, 5.41) is 5.90. The standard InChI is InChI=1S/C20H18N4O4/c1-26-16-5-3-2-4-15(16)24-19(25)14-10-22-20(23-11-14)21-9-13-6-7-17-18(8-13)28-12-27-17/h2-8,10-11H,9,12H2,1H3,(H,24,25)(H,21,22,23). The molecule has 1 aliphatic rings. The smallest absolute Gasteiger partial charge is 0.258 e. The average molecular weight is 378 g/mol. The molecule has 1 aliphatic heterocycles. The van der Waals surface area contributed by atoms with Gasteiger partial charge < -0.3 is 24.8 Å². The molecule has 0 aliphatic carbocycles. The summed E-state index contributed by atoms with van der Waals surface area (Å²) >= 11 is 0. The molecular formula is C20H18N4O4. The molecule has 1 amide bonds. The third-order valence-electron chi connectivity index (χ3n) is 4.16. The van der Waals surface area contributed by atoms with Crippen LogP contribution in [0.5, 0.6) is 17.2 Å². The van der Waals surface area contributed by atoms with Gasteiger partial charge in [-0.05, 0) is 29.8 Å². The first-order valence-electron chi connectivity index (χ1n) is 8.62. The molecule has 2 heterocycles. The minimum Gasteiger partial charge on any atom is -0.495 e. The Morgan fingerprint density at radius 3 is 2.71 bits per heavy atom. The van der Waals surface area contributed by atoms with Crippen LogP contribution in [0.3, 0.4) is 0 Å². The van der Waals surface area contributed by atoms with E-state index in [9.17, 15) is 4.79 Å². The fourth-order valence-electron chi connectivity index (χ4n) is 2.71. The van der Waals surface area contributed by atoms with Gasteiger partial charge in [0, 0.05) is 18.9 Å². The zero-order valence-corrected chi connectivity index (χ0v) is 15.1. The van der Waals surface area contributed by atoms with Gasteiger partial charge in [-0.2, -0.15) is 0 Å². The van der Waals surface area contributed by atoms with Crippen molar-refractivity contribution in [1.82, 2.24) is 9.97 Å². The lowest BCUT2D eigenvalue weighted by atomic mass is 10.2. The van der Waals surface area contributed by atoms with E-state index < -0.39 is 0 Å². The fourth-order valence-corrected chi connectivity index (χ4v) is 2.71. The number of carbonyl (C=O) groups excluding carboxylic acids is 1. The van der Waals surface area contributed by atoms with Crippen molar-refractivity contribution in [2.75, 3.05) is 24.5 Å². The monoisotopic (exact) mass is 378 g/mol. The summed E-state index contributed by atoms with van der Waals surface area (Å²) in [6.07, 6.45) is 2.94. The van der Waals surface area contributed by atoms with Crippen molar-refractivity contribution >= 4 is 17.5 Å². The molecule has 0 unspecified atom stereocenters. The summed E-state index contributed by atoms with van der Waals surface area (Å²) in [5.41, 5.74) is 1.94. The fraction of sp³-hybridized carbons (Fsp3) is 0.150. The molecule has 8 nitrogen and oxygen atoms in total. The minimum absolute atomic E-state index is 0.244. The number of nitrogens with one attached hydrogen (secondary N) is 2. The lowest BCUT2D eigenvalue weighted by Gasteiger charge is -2.10. The van der Waals surface area contributed by atoms with Crippen molar-refractivity contribution in [3.05, 3.63) is 66.0 Å². The molecule has 8 heteroatoms. The molecule has 4 rings (SSSR count). The van der Waals surface area contributed by atoms with Crippen LogP contribution in [0.25, 0.3) is 0 Å². The van der Waals surface area contributed by atoms with Crippen LogP contribution in [0.1, 0.15) is 15.9 Å². The highest BCUT2D eigenvalue weighted by atomic mass is 16.7. The Morgan fingerprint density at radius 2 is 1.89 bits per heavy atom. The number of rotatable bonds is 6. The predicted octanol–water partition coefficient (Wildman–Crippen LogP) is 3.08. The lowest BCUT2D eigenvalue weighted by molar-refractivity contribution is 0.102. The van der Waals surface area contributed by atoms with Gasteiger partial charge in [0.05, 0.1) is 18.4 Å². The van der Waals surface area contributed by atoms with E-state index in [-0.39, 0.29) is 12.7 Å². The number of ether oxygens (including phenoxy) is 3. The van der Waals surface area contributed by atoms with Gasteiger partial charge in [0.1, 0.15) is 5.75 Å². The molecule has 0 spiro atoms. The Hall–Kier alpha value is -3.81. The summed E-state index contributed by atoms with van der Waals surface area (Å²) in [6.45, 7) is 0.761. The molecular weight excluding hydrogens is 360 g/mol. The van der Waals surface area contributed by atoms with Gasteiger partial charge in [-0.25, -0.2) is 9.97 Å². The number of fused-ring (bicyclic) bond motifs is 1. The summed E-state index contributed by atoms with van der Waals surface area (Å²) < 4.78 is 15.9. The maximum absolute atomic E-state index is 12.4. The highest BCUT2D eigenvalue weighted by Crippen LogP contribution is 2.32. The molecule has 3 aromatic rings. The molecule has 0 atom stereocenters. The van der Waals surface area contributed by atoms with Gasteiger partial charge >= 0.3 is 0 Å². The van der Waals surface area contributed by atoms with Crippen molar-refractivity contribution in [2.24, 2.45) is 0 Å². The highest BCUT2D eigenvalue weighted by Gasteiger charge is 2.13. The zero-order valence-electron chi connectivity index (χ0n) is 15.1. The number of benzene rings is 2. The van der Waals surface area contributed by atoms with E-state index in [0.29, 0.717) is 29.5 Å². The van der Waals surface area contributed by atoms with Crippen molar-refractivity contribution in [3.63, 3.8) is 0 Å². The third-order valence-corrected chi connectivity index (χ3v) is 4.16. The van der Waals surface area contributed by atoms with Gasteiger partial charge in [-0.1, -0.05) is 18.2 Å². The maximum Gasteiger partial charge on any atom is 0.258 e. The second kappa shape index (κ2) is 7.83. The number of methoxy groups -OCH3 is 1. The van der Waals surface area contributed by atoms with E-state index in [2.05, 4.69) is 20.6 Å². The highest BCUT2D eigenvalue weighted by molar-refractivity contribution is 6.04. The number of anilines is 2. The summed E-state index contributed by atoms with van der Waals surface area (Å²) in [6, 6.07) is 12.9. The number of carbonyl (C=O) groups is 1. The second-order valence-corrected chi connectivity index (χ2v) is 5.99. The van der Waals surface area contributed by atoms with E-state index >= 15 is 0 Å². The SMILES string of the molecule is COc1ccccc1NC(=O)c1cnc(NCc2ccc3c(c2)OCO3)nc1. The number of aromatic nitrogens is 2. The number of hydrogen-bond donors (Lipinski definition) is 2. The summed E-state index contributed by atoms with van der Waals surface area (Å²) in [5.74, 6) is 2.16. The van der Waals surface area contributed by atoms with E-state index in [4.69, 9.17) is 14.2 Å². The van der Waals surface area contributed by atoms with Crippen LogP contribution in [-0.4, -0.2) is 29.8 Å². The lowest BCUT2D eigenvalue weighted by Crippen LogP contribution is -2.14. The molecule has 2 N–H and O–H groups in total. The van der Waals surface area contributed by atoms with Crippen molar-refractivity contribution in [3.8, 4) is 17.2 Å². The Morgan fingerprint density at radius 1 is 1.11 bits per heavy atom. The molecule has 0 fully saturated rings. The zero-order chi connectivity index (χ0) is 19.3. The molecule has 0 radical (unpaired) electrons. The van der Waals surface area contributed by atoms with Gasteiger partial charge in [0.25, 0.3) is 5.91 Å². The molecule has 1 aromatic heterocycles. The van der Waals surface area contributed by atoms with Crippen LogP contribution in [0.4, 0.5) is 11.6 Å². The Balaban J connectivity index is 1.37. The molecule has 0 saturated heterocycles. The first-order valence-corrected chi connectivity index (χ1v) is 8.62. The number of para-hydroxylation sites is 2. The molecule has 28 heavy (non-hydrogen) atoms. The normalized spacial score (nSPS) is 11.8. The second-order valence-electron chi connectivity index (χ2n) is 5.99. The molecule has 0 saturated carbocycles.